The van der Waals surface area contributed by atoms with Gasteiger partial charge in [0.15, 0.2) is 0 Å². The number of nitrogens with one attached hydrogen (secondary N) is 1. The second-order valence-electron chi connectivity index (χ2n) is 5.19. The number of para-hydroxylation sites is 1. The quantitative estimate of drug-likeness (QED) is 0.867. The molecule has 2 aromatic rings. The smallest absolute Gasteiger partial charge is 0.219 e. The molecule has 1 aliphatic carbocycles. The first kappa shape index (κ1) is 13.1. The monoisotopic (exact) mass is 268 g/mol. The molecule has 0 aliphatic heterocycles. The average Bonchev–Trinajstić information content (AvgIpc) is 3.30. The second kappa shape index (κ2) is 6.06. The summed E-state index contributed by atoms with van der Waals surface area (Å²) >= 11 is 0. The van der Waals surface area contributed by atoms with Gasteiger partial charge >= 0.3 is 0 Å². The highest BCUT2D eigenvalue weighted by molar-refractivity contribution is 5.36. The van der Waals surface area contributed by atoms with Gasteiger partial charge < -0.3 is 10.1 Å². The van der Waals surface area contributed by atoms with Crippen LogP contribution in [0.2, 0.25) is 0 Å². The van der Waals surface area contributed by atoms with Crippen LogP contribution in [-0.2, 0) is 13.0 Å². The van der Waals surface area contributed by atoms with Crippen LogP contribution < -0.4 is 10.1 Å². The van der Waals surface area contributed by atoms with Gasteiger partial charge in [-0.05, 0) is 37.0 Å². The molecule has 0 atom stereocenters. The zero-order valence-electron chi connectivity index (χ0n) is 11.8. The number of hydrogen-bond acceptors (Lipinski definition) is 3. The maximum Gasteiger partial charge on any atom is 0.219 e. The Morgan fingerprint density at radius 1 is 1.15 bits per heavy atom. The van der Waals surface area contributed by atoms with Crippen molar-refractivity contribution in [1.82, 2.24) is 10.3 Å². The number of ether oxygens (including phenoxy) is 1. The molecule has 3 nitrogen and oxygen atoms in total. The topological polar surface area (TPSA) is 34.1 Å². The van der Waals surface area contributed by atoms with E-state index in [0.29, 0.717) is 11.9 Å². The van der Waals surface area contributed by atoms with Crippen molar-refractivity contribution in [2.45, 2.75) is 38.8 Å². The molecule has 3 heteroatoms. The summed E-state index contributed by atoms with van der Waals surface area (Å²) in [5, 5.41) is 3.47. The molecule has 0 saturated heterocycles. The van der Waals surface area contributed by atoms with E-state index >= 15 is 0 Å². The van der Waals surface area contributed by atoms with Crippen molar-refractivity contribution in [3.05, 3.63) is 53.7 Å². The molecule has 104 valence electrons. The lowest BCUT2D eigenvalue weighted by Gasteiger charge is -2.10. The van der Waals surface area contributed by atoms with Crippen LogP contribution in [0, 0.1) is 0 Å². The van der Waals surface area contributed by atoms with Gasteiger partial charge in [-0.3, -0.25) is 0 Å². The summed E-state index contributed by atoms with van der Waals surface area (Å²) in [6.07, 6.45) is 3.54. The maximum absolute atomic E-state index is 5.92. The van der Waals surface area contributed by atoms with Gasteiger partial charge in [0.1, 0.15) is 5.75 Å². The van der Waals surface area contributed by atoms with Crippen LogP contribution in [0.3, 0.4) is 0 Å². The Morgan fingerprint density at radius 2 is 2.00 bits per heavy atom. The summed E-state index contributed by atoms with van der Waals surface area (Å²) in [4.78, 5) is 4.56. The molecule has 1 saturated carbocycles. The fraction of sp³-hybridized carbons (Fsp3) is 0.353. The van der Waals surface area contributed by atoms with Crippen LogP contribution in [-0.4, -0.2) is 11.0 Å². The molecule has 1 N–H and O–H groups in total. The SMILES string of the molecule is CCc1ccccc1Oc1cccc(CNC2CC2)n1. The summed E-state index contributed by atoms with van der Waals surface area (Å²) in [6, 6.07) is 14.8. The number of hydrogen-bond donors (Lipinski definition) is 1. The lowest BCUT2D eigenvalue weighted by Crippen LogP contribution is -2.16. The van der Waals surface area contributed by atoms with E-state index in [0.717, 1.165) is 24.4 Å². The summed E-state index contributed by atoms with van der Waals surface area (Å²) in [6.45, 7) is 2.95. The molecule has 0 radical (unpaired) electrons. The zero-order valence-corrected chi connectivity index (χ0v) is 11.8. The first-order valence-corrected chi connectivity index (χ1v) is 7.30. The maximum atomic E-state index is 5.92. The molecule has 3 rings (SSSR count). The van der Waals surface area contributed by atoms with Crippen molar-refractivity contribution >= 4 is 0 Å². The Bertz CT molecular complexity index is 579. The van der Waals surface area contributed by atoms with Crippen LogP contribution in [0.5, 0.6) is 11.6 Å². The van der Waals surface area contributed by atoms with E-state index in [1.807, 2.05) is 36.4 Å². The third-order valence-electron chi connectivity index (χ3n) is 3.50. The predicted octanol–water partition coefficient (Wildman–Crippen LogP) is 3.69. The molecule has 1 heterocycles. The summed E-state index contributed by atoms with van der Waals surface area (Å²) in [5.41, 5.74) is 2.24. The number of rotatable bonds is 6. The number of aromatic nitrogens is 1. The van der Waals surface area contributed by atoms with E-state index in [-0.39, 0.29) is 0 Å². The summed E-state index contributed by atoms with van der Waals surface area (Å²) in [7, 11) is 0. The lowest BCUT2D eigenvalue weighted by molar-refractivity contribution is 0.454. The number of aryl methyl sites for hydroxylation is 1. The van der Waals surface area contributed by atoms with Crippen molar-refractivity contribution in [2.75, 3.05) is 0 Å². The molecule has 1 aromatic carbocycles. The van der Waals surface area contributed by atoms with Gasteiger partial charge in [0.25, 0.3) is 0 Å². The van der Waals surface area contributed by atoms with Gasteiger partial charge in [-0.25, -0.2) is 4.98 Å². The standard InChI is InChI=1S/C17H20N2O/c1-2-13-6-3-4-8-16(13)20-17-9-5-7-15(19-17)12-18-14-10-11-14/h3-9,14,18H,2,10-12H2,1H3. The molecule has 0 unspecified atom stereocenters. The van der Waals surface area contributed by atoms with Crippen LogP contribution in [0.1, 0.15) is 31.0 Å². The van der Waals surface area contributed by atoms with Gasteiger partial charge in [-0.15, -0.1) is 0 Å². The Hall–Kier alpha value is -1.87. The number of benzene rings is 1. The molecule has 1 aliphatic rings. The Labute approximate surface area is 120 Å². The Balaban J connectivity index is 1.71. The summed E-state index contributed by atoms with van der Waals surface area (Å²) < 4.78 is 5.92. The minimum Gasteiger partial charge on any atom is -0.439 e. The highest BCUT2D eigenvalue weighted by Crippen LogP contribution is 2.24. The van der Waals surface area contributed by atoms with Gasteiger partial charge in [0, 0.05) is 18.7 Å². The molecular weight excluding hydrogens is 248 g/mol. The zero-order chi connectivity index (χ0) is 13.8. The van der Waals surface area contributed by atoms with Crippen LogP contribution >= 0.6 is 0 Å². The third-order valence-corrected chi connectivity index (χ3v) is 3.50. The van der Waals surface area contributed by atoms with E-state index < -0.39 is 0 Å². The van der Waals surface area contributed by atoms with E-state index in [1.165, 1.54) is 18.4 Å². The van der Waals surface area contributed by atoms with Crippen LogP contribution in [0.25, 0.3) is 0 Å². The lowest BCUT2D eigenvalue weighted by atomic mass is 10.1. The first-order chi connectivity index (χ1) is 9.85. The fourth-order valence-corrected chi connectivity index (χ4v) is 2.16. The van der Waals surface area contributed by atoms with Crippen molar-refractivity contribution < 1.29 is 4.74 Å². The Kier molecular flexibility index (Phi) is 3.97. The highest BCUT2D eigenvalue weighted by atomic mass is 16.5. The largest absolute Gasteiger partial charge is 0.439 e. The highest BCUT2D eigenvalue weighted by Gasteiger charge is 2.20. The van der Waals surface area contributed by atoms with E-state index in [1.54, 1.807) is 0 Å². The van der Waals surface area contributed by atoms with Gasteiger partial charge in [-0.2, -0.15) is 0 Å². The Morgan fingerprint density at radius 3 is 2.80 bits per heavy atom. The minimum absolute atomic E-state index is 0.668. The van der Waals surface area contributed by atoms with Gasteiger partial charge in [0.2, 0.25) is 5.88 Å². The first-order valence-electron chi connectivity index (χ1n) is 7.30. The van der Waals surface area contributed by atoms with Gasteiger partial charge in [-0.1, -0.05) is 31.2 Å². The fourth-order valence-electron chi connectivity index (χ4n) is 2.16. The van der Waals surface area contributed by atoms with Crippen molar-refractivity contribution in [3.8, 4) is 11.6 Å². The van der Waals surface area contributed by atoms with Crippen molar-refractivity contribution in [3.63, 3.8) is 0 Å². The molecule has 0 spiro atoms. The van der Waals surface area contributed by atoms with E-state index in [4.69, 9.17) is 4.74 Å². The van der Waals surface area contributed by atoms with Crippen LogP contribution in [0.4, 0.5) is 0 Å². The minimum atomic E-state index is 0.668. The number of pyridine rings is 1. The predicted molar refractivity (Wildman–Crippen MR) is 80.0 cm³/mol. The average molecular weight is 268 g/mol. The van der Waals surface area contributed by atoms with Crippen molar-refractivity contribution in [1.29, 1.82) is 0 Å². The molecular formula is C17H20N2O. The van der Waals surface area contributed by atoms with Crippen LogP contribution in [0.15, 0.2) is 42.5 Å². The van der Waals surface area contributed by atoms with Gasteiger partial charge in [0.05, 0.1) is 5.69 Å². The molecule has 20 heavy (non-hydrogen) atoms. The molecule has 1 aromatic heterocycles. The third kappa shape index (κ3) is 3.36. The van der Waals surface area contributed by atoms with E-state index in [9.17, 15) is 0 Å². The normalized spacial score (nSPS) is 14.2. The second-order valence-corrected chi connectivity index (χ2v) is 5.19. The van der Waals surface area contributed by atoms with Crippen molar-refractivity contribution in [2.24, 2.45) is 0 Å². The summed E-state index contributed by atoms with van der Waals surface area (Å²) in [5.74, 6) is 1.57. The molecule has 0 amide bonds. The number of nitrogens with zero attached hydrogens (tertiary/aromatic N) is 1. The molecule has 1 fully saturated rings. The molecule has 0 bridgehead atoms. The van der Waals surface area contributed by atoms with E-state index in [2.05, 4.69) is 23.3 Å².